The number of unbranched alkanes of at least 4 members (excludes halogenated alkanes) is 2. The molecule has 0 saturated heterocycles. The standard InChI is InChI=1S/C18H28N2O/c1-3-5-11-20(12-6-4-2)14-16-15-9-7-8-10-17(15)21-18(16)13-19/h7-10H,3-6,11-14,19H2,1-2H3. The highest BCUT2D eigenvalue weighted by molar-refractivity contribution is 5.82. The predicted molar refractivity (Wildman–Crippen MR) is 89.2 cm³/mol. The van der Waals surface area contributed by atoms with Crippen LogP contribution in [0.4, 0.5) is 0 Å². The lowest BCUT2D eigenvalue weighted by atomic mass is 10.1. The van der Waals surface area contributed by atoms with Crippen molar-refractivity contribution in [3.05, 3.63) is 35.6 Å². The van der Waals surface area contributed by atoms with Crippen molar-refractivity contribution >= 4 is 11.0 Å². The van der Waals surface area contributed by atoms with Gasteiger partial charge < -0.3 is 10.2 Å². The molecule has 0 atom stereocenters. The largest absolute Gasteiger partial charge is 0.459 e. The Hall–Kier alpha value is -1.32. The van der Waals surface area contributed by atoms with Crippen molar-refractivity contribution in [2.75, 3.05) is 13.1 Å². The highest BCUT2D eigenvalue weighted by Gasteiger charge is 2.15. The molecule has 0 saturated carbocycles. The van der Waals surface area contributed by atoms with Gasteiger partial charge in [0.2, 0.25) is 0 Å². The second-order valence-electron chi connectivity index (χ2n) is 5.69. The molecule has 21 heavy (non-hydrogen) atoms. The third-order valence-electron chi connectivity index (χ3n) is 4.00. The van der Waals surface area contributed by atoms with Gasteiger partial charge in [-0.1, -0.05) is 44.9 Å². The summed E-state index contributed by atoms with van der Waals surface area (Å²) in [6.07, 6.45) is 4.96. The molecule has 0 aliphatic rings. The average Bonchev–Trinajstić information content (AvgIpc) is 2.87. The summed E-state index contributed by atoms with van der Waals surface area (Å²) < 4.78 is 5.91. The van der Waals surface area contributed by atoms with Crippen molar-refractivity contribution in [2.45, 2.75) is 52.6 Å². The van der Waals surface area contributed by atoms with E-state index in [1.807, 2.05) is 12.1 Å². The summed E-state index contributed by atoms with van der Waals surface area (Å²) in [5.74, 6) is 0.939. The molecular weight excluding hydrogens is 260 g/mol. The highest BCUT2D eigenvalue weighted by Crippen LogP contribution is 2.27. The van der Waals surface area contributed by atoms with Gasteiger partial charge in [0, 0.05) is 17.5 Å². The highest BCUT2D eigenvalue weighted by atomic mass is 16.3. The Bertz CT molecular complexity index is 539. The lowest BCUT2D eigenvalue weighted by molar-refractivity contribution is 0.256. The molecule has 0 aliphatic carbocycles. The van der Waals surface area contributed by atoms with Gasteiger partial charge in [0.05, 0.1) is 6.54 Å². The lowest BCUT2D eigenvalue weighted by Crippen LogP contribution is -2.26. The van der Waals surface area contributed by atoms with Crippen molar-refractivity contribution < 1.29 is 4.42 Å². The zero-order chi connectivity index (χ0) is 15.1. The maximum atomic E-state index is 5.91. The Labute approximate surface area is 128 Å². The first-order valence-electron chi connectivity index (χ1n) is 8.21. The van der Waals surface area contributed by atoms with E-state index in [1.165, 1.54) is 36.6 Å². The van der Waals surface area contributed by atoms with Gasteiger partial charge in [-0.15, -0.1) is 0 Å². The monoisotopic (exact) mass is 288 g/mol. The molecule has 0 spiro atoms. The topological polar surface area (TPSA) is 42.4 Å². The molecule has 0 aliphatic heterocycles. The Kier molecular flexibility index (Phi) is 6.27. The maximum absolute atomic E-state index is 5.91. The summed E-state index contributed by atoms with van der Waals surface area (Å²) in [6.45, 7) is 8.22. The maximum Gasteiger partial charge on any atom is 0.134 e. The number of rotatable bonds is 9. The summed E-state index contributed by atoms with van der Waals surface area (Å²) in [4.78, 5) is 2.55. The predicted octanol–water partition coefficient (Wildman–Crippen LogP) is 4.29. The number of nitrogens with two attached hydrogens (primary N) is 1. The van der Waals surface area contributed by atoms with Gasteiger partial charge in [0.1, 0.15) is 11.3 Å². The van der Waals surface area contributed by atoms with E-state index in [9.17, 15) is 0 Å². The summed E-state index contributed by atoms with van der Waals surface area (Å²) in [5.41, 5.74) is 8.11. The van der Waals surface area contributed by atoms with E-state index < -0.39 is 0 Å². The van der Waals surface area contributed by atoms with Crippen LogP contribution >= 0.6 is 0 Å². The fraction of sp³-hybridized carbons (Fsp3) is 0.556. The van der Waals surface area contributed by atoms with Crippen LogP contribution in [0.2, 0.25) is 0 Å². The normalized spacial score (nSPS) is 11.6. The SMILES string of the molecule is CCCCN(CCCC)Cc1c(CN)oc2ccccc12. The fourth-order valence-corrected chi connectivity index (χ4v) is 2.74. The van der Waals surface area contributed by atoms with Crippen molar-refractivity contribution in [3.8, 4) is 0 Å². The molecule has 3 heteroatoms. The first-order valence-corrected chi connectivity index (χ1v) is 8.21. The number of furan rings is 1. The Morgan fingerprint density at radius 2 is 1.71 bits per heavy atom. The zero-order valence-corrected chi connectivity index (χ0v) is 13.4. The number of para-hydroxylation sites is 1. The van der Waals surface area contributed by atoms with E-state index in [4.69, 9.17) is 10.2 Å². The summed E-state index contributed by atoms with van der Waals surface area (Å²) >= 11 is 0. The zero-order valence-electron chi connectivity index (χ0n) is 13.4. The summed E-state index contributed by atoms with van der Waals surface area (Å²) in [7, 11) is 0. The minimum atomic E-state index is 0.472. The number of fused-ring (bicyclic) bond motifs is 1. The van der Waals surface area contributed by atoms with E-state index in [0.29, 0.717) is 6.54 Å². The molecule has 1 aromatic carbocycles. The van der Waals surface area contributed by atoms with Crippen LogP contribution < -0.4 is 5.73 Å². The smallest absolute Gasteiger partial charge is 0.134 e. The molecule has 2 rings (SSSR count). The van der Waals surface area contributed by atoms with Gasteiger partial charge >= 0.3 is 0 Å². The van der Waals surface area contributed by atoms with E-state index in [1.54, 1.807) is 0 Å². The number of hydrogen-bond acceptors (Lipinski definition) is 3. The number of benzene rings is 1. The van der Waals surface area contributed by atoms with E-state index in [-0.39, 0.29) is 0 Å². The van der Waals surface area contributed by atoms with Crippen molar-refractivity contribution in [1.29, 1.82) is 0 Å². The molecule has 2 N–H and O–H groups in total. The van der Waals surface area contributed by atoms with E-state index in [0.717, 1.165) is 31.0 Å². The van der Waals surface area contributed by atoms with Crippen LogP contribution in [-0.2, 0) is 13.1 Å². The van der Waals surface area contributed by atoms with Gasteiger partial charge in [-0.05, 0) is 32.0 Å². The minimum absolute atomic E-state index is 0.472. The molecule has 1 heterocycles. The fourth-order valence-electron chi connectivity index (χ4n) is 2.74. The van der Waals surface area contributed by atoms with Crippen LogP contribution in [0.15, 0.2) is 28.7 Å². The summed E-state index contributed by atoms with van der Waals surface area (Å²) in [5, 5.41) is 1.22. The minimum Gasteiger partial charge on any atom is -0.459 e. The third-order valence-corrected chi connectivity index (χ3v) is 4.00. The molecule has 2 aromatic rings. The van der Waals surface area contributed by atoms with Gasteiger partial charge in [-0.25, -0.2) is 0 Å². The molecule has 0 amide bonds. The first-order chi connectivity index (χ1) is 10.3. The van der Waals surface area contributed by atoms with Crippen LogP contribution in [0.5, 0.6) is 0 Å². The molecule has 0 bridgehead atoms. The summed E-state index contributed by atoms with van der Waals surface area (Å²) in [6, 6.07) is 8.26. The van der Waals surface area contributed by atoms with Crippen LogP contribution in [0, 0.1) is 0 Å². The molecule has 0 fully saturated rings. The van der Waals surface area contributed by atoms with Crippen LogP contribution in [0.3, 0.4) is 0 Å². The Balaban J connectivity index is 2.21. The second kappa shape index (κ2) is 8.20. The molecule has 1 aromatic heterocycles. The molecule has 0 radical (unpaired) electrons. The molecule has 116 valence electrons. The molecular formula is C18H28N2O. The molecule has 0 unspecified atom stereocenters. The molecule has 3 nitrogen and oxygen atoms in total. The van der Waals surface area contributed by atoms with Crippen molar-refractivity contribution in [2.24, 2.45) is 5.73 Å². The third kappa shape index (κ3) is 4.08. The quantitative estimate of drug-likeness (QED) is 0.748. The van der Waals surface area contributed by atoms with Crippen LogP contribution in [0.25, 0.3) is 11.0 Å². The van der Waals surface area contributed by atoms with Gasteiger partial charge in [-0.2, -0.15) is 0 Å². The van der Waals surface area contributed by atoms with Gasteiger partial charge in [0.25, 0.3) is 0 Å². The van der Waals surface area contributed by atoms with Crippen LogP contribution in [-0.4, -0.2) is 18.0 Å². The number of hydrogen-bond donors (Lipinski definition) is 1. The van der Waals surface area contributed by atoms with E-state index >= 15 is 0 Å². The Morgan fingerprint density at radius 1 is 1.05 bits per heavy atom. The van der Waals surface area contributed by atoms with Gasteiger partial charge in [-0.3, -0.25) is 4.90 Å². The average molecular weight is 288 g/mol. The van der Waals surface area contributed by atoms with Gasteiger partial charge in [0.15, 0.2) is 0 Å². The van der Waals surface area contributed by atoms with Crippen molar-refractivity contribution in [1.82, 2.24) is 4.90 Å². The number of nitrogens with zero attached hydrogens (tertiary/aromatic N) is 1. The van der Waals surface area contributed by atoms with Crippen molar-refractivity contribution in [3.63, 3.8) is 0 Å². The Morgan fingerprint density at radius 3 is 2.33 bits per heavy atom. The second-order valence-corrected chi connectivity index (χ2v) is 5.69. The van der Waals surface area contributed by atoms with E-state index in [2.05, 4.69) is 30.9 Å². The van der Waals surface area contributed by atoms with Crippen LogP contribution in [0.1, 0.15) is 50.9 Å². The lowest BCUT2D eigenvalue weighted by Gasteiger charge is -2.22. The first kappa shape index (κ1) is 16.1.